The molecule has 2 aromatic rings. The minimum Gasteiger partial charge on any atom is -0.217 e. The van der Waals surface area contributed by atoms with Gasteiger partial charge in [0.15, 0.2) is 0 Å². The van der Waals surface area contributed by atoms with Crippen LogP contribution in [0.5, 0.6) is 0 Å². The second kappa shape index (κ2) is 7.20. The molecule has 0 unspecified atom stereocenters. The third-order valence-corrected chi connectivity index (χ3v) is 6.95. The van der Waals surface area contributed by atoms with E-state index in [1.54, 1.807) is 12.2 Å². The van der Waals surface area contributed by atoms with Gasteiger partial charge in [-0.3, -0.25) is 0 Å². The molecule has 0 aliphatic rings. The molecule has 0 spiro atoms. The third-order valence-electron chi connectivity index (χ3n) is 2.67. The Morgan fingerprint density at radius 3 is 1.38 bits per heavy atom. The average molecular weight is 428 g/mol. The lowest BCUT2D eigenvalue weighted by Gasteiger charge is -2.03. The van der Waals surface area contributed by atoms with E-state index in [1.807, 2.05) is 60.7 Å². The van der Waals surface area contributed by atoms with Crippen molar-refractivity contribution in [3.05, 3.63) is 79.4 Å². The number of rotatable bonds is 4. The first kappa shape index (κ1) is 16.2. The van der Waals surface area contributed by atoms with Crippen LogP contribution in [0.3, 0.4) is 0 Å². The number of hydrogen-bond acceptors (Lipinski definition) is 2. The van der Waals surface area contributed by atoms with Crippen molar-refractivity contribution in [3.8, 4) is 0 Å². The summed E-state index contributed by atoms with van der Waals surface area (Å²) in [6, 6.07) is 18.5. The predicted octanol–water partition coefficient (Wildman–Crippen LogP) is 5.19. The summed E-state index contributed by atoms with van der Waals surface area (Å²) in [5, 5.41) is 0. The molecule has 0 aliphatic carbocycles. The van der Waals surface area contributed by atoms with Crippen LogP contribution in [0, 0.1) is 0 Å². The summed E-state index contributed by atoms with van der Waals surface area (Å²) in [5.74, 6) is 0. The fraction of sp³-hybridized carbons (Fsp3) is 0. The van der Waals surface area contributed by atoms with Crippen LogP contribution >= 0.6 is 31.9 Å². The van der Waals surface area contributed by atoms with Crippen molar-refractivity contribution in [2.75, 3.05) is 0 Å². The fourth-order valence-corrected chi connectivity index (χ4v) is 4.60. The van der Waals surface area contributed by atoms with Gasteiger partial charge in [-0.05, 0) is 55.1 Å². The Kier molecular flexibility index (Phi) is 5.56. The zero-order valence-corrected chi connectivity index (χ0v) is 14.9. The van der Waals surface area contributed by atoms with E-state index in [0.717, 1.165) is 11.1 Å². The molecule has 0 aromatic heterocycles. The first-order valence-electron chi connectivity index (χ1n) is 6.10. The van der Waals surface area contributed by atoms with E-state index in [4.69, 9.17) is 0 Å². The highest BCUT2D eigenvalue weighted by Crippen LogP contribution is 2.30. The van der Waals surface area contributed by atoms with Crippen LogP contribution in [0.4, 0.5) is 0 Å². The minimum atomic E-state index is -3.58. The van der Waals surface area contributed by atoms with Crippen LogP contribution in [0.1, 0.15) is 11.1 Å². The van der Waals surface area contributed by atoms with Crippen molar-refractivity contribution >= 4 is 53.8 Å². The average Bonchev–Trinajstić information content (AvgIpc) is 2.49. The van der Waals surface area contributed by atoms with Gasteiger partial charge in [0.2, 0.25) is 9.84 Å². The molecule has 2 nitrogen and oxygen atoms in total. The molecule has 5 heteroatoms. The van der Waals surface area contributed by atoms with Crippen LogP contribution in [0.2, 0.25) is 0 Å². The highest BCUT2D eigenvalue weighted by Gasteiger charge is 2.19. The number of hydrogen-bond donors (Lipinski definition) is 0. The van der Waals surface area contributed by atoms with E-state index >= 15 is 0 Å². The van der Waals surface area contributed by atoms with Gasteiger partial charge in [0.05, 0.1) is 0 Å². The maximum atomic E-state index is 12.4. The van der Waals surface area contributed by atoms with Crippen LogP contribution < -0.4 is 0 Å². The third kappa shape index (κ3) is 4.40. The van der Waals surface area contributed by atoms with Crippen LogP contribution in [0.15, 0.2) is 68.3 Å². The van der Waals surface area contributed by atoms with Gasteiger partial charge in [-0.1, -0.05) is 60.7 Å². The maximum absolute atomic E-state index is 12.4. The monoisotopic (exact) mass is 426 g/mol. The summed E-state index contributed by atoms with van der Waals surface area (Å²) in [6.07, 6.45) is 3.16. The second-order valence-electron chi connectivity index (χ2n) is 4.22. The number of halogens is 2. The summed E-state index contributed by atoms with van der Waals surface area (Å²) in [4.78, 5) is 0. The molecule has 108 valence electrons. The first-order chi connectivity index (χ1) is 10.00. The zero-order valence-electron chi connectivity index (χ0n) is 10.9. The quantitative estimate of drug-likeness (QED) is 0.672. The van der Waals surface area contributed by atoms with E-state index < -0.39 is 9.84 Å². The standard InChI is InChI=1S/C16H12Br2O2S/c17-15(11-13-7-3-1-4-8-13)21(19,20)16(18)12-14-9-5-2-6-10-14/h1-12H. The highest BCUT2D eigenvalue weighted by atomic mass is 79.9. The van der Waals surface area contributed by atoms with E-state index in [1.165, 1.54) is 0 Å². The molecule has 0 radical (unpaired) electrons. The largest absolute Gasteiger partial charge is 0.219 e. The first-order valence-corrected chi connectivity index (χ1v) is 9.16. The molecule has 0 amide bonds. The lowest BCUT2D eigenvalue weighted by atomic mass is 10.2. The number of benzene rings is 2. The normalized spacial score (nSPS) is 13.2. The molecule has 0 fully saturated rings. The molecular weight excluding hydrogens is 416 g/mol. The molecule has 0 saturated heterocycles. The van der Waals surface area contributed by atoms with Crippen LogP contribution in [-0.2, 0) is 9.84 Å². The van der Waals surface area contributed by atoms with Gasteiger partial charge in [0, 0.05) is 0 Å². The lowest BCUT2D eigenvalue weighted by molar-refractivity contribution is 0.612. The van der Waals surface area contributed by atoms with Crippen molar-refractivity contribution in [3.63, 3.8) is 0 Å². The Balaban J connectivity index is 2.33. The lowest BCUT2D eigenvalue weighted by Crippen LogP contribution is -1.98. The van der Waals surface area contributed by atoms with Crippen molar-refractivity contribution in [1.29, 1.82) is 0 Å². The molecule has 2 rings (SSSR count). The topological polar surface area (TPSA) is 34.1 Å². The highest BCUT2D eigenvalue weighted by molar-refractivity contribution is 9.16. The SMILES string of the molecule is O=S(=O)(C(Br)=Cc1ccccc1)C(Br)=Cc1ccccc1. The van der Waals surface area contributed by atoms with Crippen molar-refractivity contribution in [1.82, 2.24) is 0 Å². The Labute approximate surface area is 141 Å². The summed E-state index contributed by atoms with van der Waals surface area (Å²) < 4.78 is 25.0. The molecule has 0 heterocycles. The van der Waals surface area contributed by atoms with Gasteiger partial charge < -0.3 is 0 Å². The molecule has 0 saturated carbocycles. The van der Waals surface area contributed by atoms with E-state index in [2.05, 4.69) is 31.9 Å². The van der Waals surface area contributed by atoms with Gasteiger partial charge in [0.25, 0.3) is 0 Å². The minimum absolute atomic E-state index is 0.111. The molecule has 0 bridgehead atoms. The smallest absolute Gasteiger partial charge is 0.217 e. The summed E-state index contributed by atoms with van der Waals surface area (Å²) in [7, 11) is -3.58. The van der Waals surface area contributed by atoms with Gasteiger partial charge >= 0.3 is 0 Å². The molecule has 0 atom stereocenters. The summed E-state index contributed by atoms with van der Waals surface area (Å²) >= 11 is 6.30. The Morgan fingerprint density at radius 1 is 0.714 bits per heavy atom. The van der Waals surface area contributed by atoms with Gasteiger partial charge in [0.1, 0.15) is 7.63 Å². The van der Waals surface area contributed by atoms with Gasteiger partial charge in [-0.25, -0.2) is 8.42 Å². The second-order valence-corrected chi connectivity index (χ2v) is 8.87. The zero-order chi connectivity index (χ0) is 15.3. The number of sulfone groups is 1. The maximum Gasteiger partial charge on any atom is 0.219 e. The van der Waals surface area contributed by atoms with E-state index in [0.29, 0.717) is 0 Å². The predicted molar refractivity (Wildman–Crippen MR) is 95.6 cm³/mol. The molecule has 2 aromatic carbocycles. The van der Waals surface area contributed by atoms with E-state index in [9.17, 15) is 8.42 Å². The molecule has 0 N–H and O–H groups in total. The van der Waals surface area contributed by atoms with Crippen LogP contribution in [0.25, 0.3) is 12.2 Å². The van der Waals surface area contributed by atoms with Crippen molar-refractivity contribution in [2.24, 2.45) is 0 Å². The van der Waals surface area contributed by atoms with Gasteiger partial charge in [-0.2, -0.15) is 0 Å². The molecule has 21 heavy (non-hydrogen) atoms. The fourth-order valence-electron chi connectivity index (χ4n) is 1.61. The summed E-state index contributed by atoms with van der Waals surface area (Å²) in [5.41, 5.74) is 1.63. The van der Waals surface area contributed by atoms with Crippen LogP contribution in [-0.4, -0.2) is 8.42 Å². The Bertz CT molecular complexity index is 703. The molecular formula is C16H12Br2O2S. The summed E-state index contributed by atoms with van der Waals surface area (Å²) in [6.45, 7) is 0. The van der Waals surface area contributed by atoms with Gasteiger partial charge in [-0.15, -0.1) is 0 Å². The van der Waals surface area contributed by atoms with Crippen molar-refractivity contribution < 1.29 is 8.42 Å². The van der Waals surface area contributed by atoms with E-state index in [-0.39, 0.29) is 7.63 Å². The Morgan fingerprint density at radius 2 is 1.05 bits per heavy atom. The Hall–Kier alpha value is -1.17. The van der Waals surface area contributed by atoms with Crippen molar-refractivity contribution in [2.45, 2.75) is 0 Å². The molecule has 0 aliphatic heterocycles.